The number of benzene rings is 2. The maximum absolute atomic E-state index is 12.7. The summed E-state index contributed by atoms with van der Waals surface area (Å²) in [7, 11) is 1.36. The van der Waals surface area contributed by atoms with Gasteiger partial charge in [-0.25, -0.2) is 4.98 Å². The summed E-state index contributed by atoms with van der Waals surface area (Å²) in [5.41, 5.74) is 0.854. The SMILES string of the molecule is COc1cccc(/C=C/c2nc3cc([N+](=O)[O-])ccc3s2)c1OC(F)F. The van der Waals surface area contributed by atoms with Crippen molar-refractivity contribution in [1.82, 2.24) is 4.98 Å². The van der Waals surface area contributed by atoms with Crippen LogP contribution in [0.4, 0.5) is 14.5 Å². The lowest BCUT2D eigenvalue weighted by Crippen LogP contribution is -2.04. The van der Waals surface area contributed by atoms with Crippen LogP contribution in [0.15, 0.2) is 36.4 Å². The second kappa shape index (κ2) is 7.44. The zero-order chi connectivity index (χ0) is 18.7. The monoisotopic (exact) mass is 378 g/mol. The zero-order valence-electron chi connectivity index (χ0n) is 13.4. The third-order valence-corrected chi connectivity index (χ3v) is 4.44. The summed E-state index contributed by atoms with van der Waals surface area (Å²) in [4.78, 5) is 14.7. The van der Waals surface area contributed by atoms with E-state index in [9.17, 15) is 18.9 Å². The Kier molecular flexibility index (Phi) is 5.08. The predicted molar refractivity (Wildman–Crippen MR) is 94.8 cm³/mol. The molecular formula is C17H12F2N2O4S. The van der Waals surface area contributed by atoms with Crippen LogP contribution in [0.2, 0.25) is 0 Å². The molecule has 0 fully saturated rings. The molecule has 9 heteroatoms. The number of thiazole rings is 1. The number of rotatable bonds is 6. The normalized spacial score (nSPS) is 11.4. The van der Waals surface area contributed by atoms with Crippen LogP contribution in [0.1, 0.15) is 10.6 Å². The van der Waals surface area contributed by atoms with Crippen LogP contribution in [0, 0.1) is 10.1 Å². The fraction of sp³-hybridized carbons (Fsp3) is 0.118. The lowest BCUT2D eigenvalue weighted by atomic mass is 10.1. The number of nitrogens with zero attached hydrogens (tertiary/aromatic N) is 2. The first kappa shape index (κ1) is 17.7. The number of aromatic nitrogens is 1. The van der Waals surface area contributed by atoms with E-state index in [-0.39, 0.29) is 17.2 Å². The second-order valence-corrected chi connectivity index (χ2v) is 6.11. The number of ether oxygens (including phenoxy) is 2. The molecular weight excluding hydrogens is 366 g/mol. The van der Waals surface area contributed by atoms with Crippen molar-refractivity contribution in [2.24, 2.45) is 0 Å². The number of methoxy groups -OCH3 is 1. The lowest BCUT2D eigenvalue weighted by Gasteiger charge is -2.12. The van der Waals surface area contributed by atoms with Gasteiger partial charge in [0.15, 0.2) is 11.5 Å². The van der Waals surface area contributed by atoms with Crippen molar-refractivity contribution in [3.8, 4) is 11.5 Å². The number of halogens is 2. The first-order valence-electron chi connectivity index (χ1n) is 7.33. The van der Waals surface area contributed by atoms with Crippen LogP contribution >= 0.6 is 11.3 Å². The number of nitro benzene ring substituents is 1. The average Bonchev–Trinajstić information content (AvgIpc) is 3.02. The van der Waals surface area contributed by atoms with Crippen molar-refractivity contribution >= 4 is 39.4 Å². The molecule has 0 saturated carbocycles. The van der Waals surface area contributed by atoms with E-state index >= 15 is 0 Å². The molecule has 0 N–H and O–H groups in total. The molecule has 134 valence electrons. The largest absolute Gasteiger partial charge is 0.493 e. The number of non-ortho nitro benzene ring substituents is 1. The van der Waals surface area contributed by atoms with Gasteiger partial charge in [0.2, 0.25) is 0 Å². The molecule has 2 aromatic carbocycles. The van der Waals surface area contributed by atoms with Gasteiger partial charge in [-0.2, -0.15) is 8.78 Å². The van der Waals surface area contributed by atoms with Crippen molar-refractivity contribution in [3.05, 3.63) is 57.1 Å². The van der Waals surface area contributed by atoms with Crippen LogP contribution in [0.5, 0.6) is 11.5 Å². The quantitative estimate of drug-likeness (QED) is 0.446. The van der Waals surface area contributed by atoms with Gasteiger partial charge in [0, 0.05) is 17.7 Å². The summed E-state index contributed by atoms with van der Waals surface area (Å²) in [6.07, 6.45) is 3.20. The summed E-state index contributed by atoms with van der Waals surface area (Å²) >= 11 is 1.33. The highest BCUT2D eigenvalue weighted by molar-refractivity contribution is 7.19. The molecule has 0 aliphatic rings. The van der Waals surface area contributed by atoms with Crippen molar-refractivity contribution in [2.45, 2.75) is 6.61 Å². The first-order chi connectivity index (χ1) is 12.5. The average molecular weight is 378 g/mol. The molecule has 1 aromatic heterocycles. The third kappa shape index (κ3) is 3.77. The number of hydrogen-bond donors (Lipinski definition) is 0. The Bertz CT molecular complexity index is 988. The van der Waals surface area contributed by atoms with Gasteiger partial charge in [0.1, 0.15) is 5.01 Å². The summed E-state index contributed by atoms with van der Waals surface area (Å²) in [5.74, 6) is 0.116. The molecule has 6 nitrogen and oxygen atoms in total. The Hall–Kier alpha value is -3.07. The molecule has 0 aliphatic heterocycles. The minimum atomic E-state index is -2.98. The lowest BCUT2D eigenvalue weighted by molar-refractivity contribution is -0.384. The molecule has 0 unspecified atom stereocenters. The van der Waals surface area contributed by atoms with E-state index in [1.165, 1.54) is 36.6 Å². The zero-order valence-corrected chi connectivity index (χ0v) is 14.2. The van der Waals surface area contributed by atoms with Gasteiger partial charge in [-0.15, -0.1) is 11.3 Å². The third-order valence-electron chi connectivity index (χ3n) is 3.44. The number of alkyl halides is 2. The minimum absolute atomic E-state index is 0.0428. The minimum Gasteiger partial charge on any atom is -0.493 e. The molecule has 1 heterocycles. The molecule has 0 saturated heterocycles. The fourth-order valence-electron chi connectivity index (χ4n) is 2.32. The Labute approximate surface area is 150 Å². The summed E-state index contributed by atoms with van der Waals surface area (Å²) in [5, 5.41) is 11.4. The maximum Gasteiger partial charge on any atom is 0.387 e. The number of hydrogen-bond acceptors (Lipinski definition) is 6. The van der Waals surface area contributed by atoms with Crippen molar-refractivity contribution in [3.63, 3.8) is 0 Å². The van der Waals surface area contributed by atoms with Gasteiger partial charge >= 0.3 is 6.61 Å². The topological polar surface area (TPSA) is 74.5 Å². The molecule has 26 heavy (non-hydrogen) atoms. The fourth-order valence-corrected chi connectivity index (χ4v) is 3.17. The van der Waals surface area contributed by atoms with E-state index in [0.717, 1.165) is 4.70 Å². The van der Waals surface area contributed by atoms with Crippen molar-refractivity contribution in [1.29, 1.82) is 0 Å². The molecule has 0 bridgehead atoms. The molecule has 0 amide bonds. The van der Waals surface area contributed by atoms with Crippen molar-refractivity contribution in [2.75, 3.05) is 7.11 Å². The van der Waals surface area contributed by atoms with E-state index in [4.69, 9.17) is 4.74 Å². The van der Waals surface area contributed by atoms with Crippen LogP contribution in [0.3, 0.4) is 0 Å². The van der Waals surface area contributed by atoms with E-state index in [2.05, 4.69) is 9.72 Å². The summed E-state index contributed by atoms with van der Waals surface area (Å²) in [6.45, 7) is -2.98. The molecule has 0 atom stereocenters. The molecule has 0 spiro atoms. The second-order valence-electron chi connectivity index (χ2n) is 5.05. The van der Waals surface area contributed by atoms with Crippen LogP contribution in [-0.4, -0.2) is 23.6 Å². The van der Waals surface area contributed by atoms with Gasteiger partial charge < -0.3 is 9.47 Å². The van der Waals surface area contributed by atoms with Gasteiger partial charge in [-0.1, -0.05) is 12.1 Å². The Morgan fingerprint density at radius 3 is 2.77 bits per heavy atom. The van der Waals surface area contributed by atoms with Crippen LogP contribution in [-0.2, 0) is 0 Å². The first-order valence-corrected chi connectivity index (χ1v) is 8.14. The number of para-hydroxylation sites is 1. The summed E-state index contributed by atoms with van der Waals surface area (Å²) < 4.78 is 35.7. The Morgan fingerprint density at radius 1 is 1.27 bits per heavy atom. The smallest absolute Gasteiger partial charge is 0.387 e. The standard InChI is InChI=1S/C17H12F2N2O4S/c1-24-13-4-2-3-10(16(13)25-17(18)19)5-8-15-20-12-9-11(21(22)23)6-7-14(12)26-15/h2-9,17H,1H3/b8-5+. The highest BCUT2D eigenvalue weighted by Gasteiger charge is 2.14. The highest BCUT2D eigenvalue weighted by atomic mass is 32.1. The Balaban J connectivity index is 1.94. The number of fused-ring (bicyclic) bond motifs is 1. The molecule has 0 radical (unpaired) electrons. The molecule has 3 rings (SSSR count). The maximum atomic E-state index is 12.7. The highest BCUT2D eigenvalue weighted by Crippen LogP contribution is 2.34. The van der Waals surface area contributed by atoms with E-state index in [0.29, 0.717) is 16.1 Å². The van der Waals surface area contributed by atoms with Gasteiger partial charge in [0.05, 0.1) is 22.2 Å². The van der Waals surface area contributed by atoms with E-state index in [1.54, 1.807) is 30.4 Å². The van der Waals surface area contributed by atoms with Gasteiger partial charge in [-0.3, -0.25) is 10.1 Å². The predicted octanol–water partition coefficient (Wildman–Crippen LogP) is 4.98. The van der Waals surface area contributed by atoms with Crippen LogP contribution in [0.25, 0.3) is 22.4 Å². The van der Waals surface area contributed by atoms with Crippen LogP contribution < -0.4 is 9.47 Å². The van der Waals surface area contributed by atoms with E-state index in [1.807, 2.05) is 0 Å². The molecule has 0 aliphatic carbocycles. The van der Waals surface area contributed by atoms with Gasteiger partial charge in [-0.05, 0) is 24.3 Å². The Morgan fingerprint density at radius 2 is 2.08 bits per heavy atom. The van der Waals surface area contributed by atoms with Crippen molar-refractivity contribution < 1.29 is 23.2 Å². The summed E-state index contributed by atoms with van der Waals surface area (Å²) in [6, 6.07) is 9.20. The number of nitro groups is 1. The molecule has 3 aromatic rings. The van der Waals surface area contributed by atoms with E-state index < -0.39 is 11.5 Å². The van der Waals surface area contributed by atoms with Gasteiger partial charge in [0.25, 0.3) is 5.69 Å².